The molecule has 0 radical (unpaired) electrons. The standard InChI is InChI=1S/C20H21ClO5/c1-14(2)13-26-20(23)16-8-4-3-7-15(16)19(22)25-12-11-24-18-10-6-5-9-17(18)21/h3-10,14H,11-13H2,1-2H3. The third kappa shape index (κ3) is 5.77. The van der Waals surface area contributed by atoms with E-state index in [0.717, 1.165) is 0 Å². The molecule has 0 atom stereocenters. The average molecular weight is 377 g/mol. The number of esters is 2. The van der Waals surface area contributed by atoms with Gasteiger partial charge in [0.1, 0.15) is 19.0 Å². The summed E-state index contributed by atoms with van der Waals surface area (Å²) < 4.78 is 15.8. The Balaban J connectivity index is 1.91. The van der Waals surface area contributed by atoms with Crippen LogP contribution in [0.5, 0.6) is 5.75 Å². The average Bonchev–Trinajstić information content (AvgIpc) is 2.64. The molecule has 0 spiro atoms. The second-order valence-electron chi connectivity index (χ2n) is 5.95. The lowest BCUT2D eigenvalue weighted by Crippen LogP contribution is -2.17. The fraction of sp³-hybridized carbons (Fsp3) is 0.300. The first kappa shape index (κ1) is 19.8. The summed E-state index contributed by atoms with van der Waals surface area (Å²) in [5.74, 6) is -0.425. The number of carbonyl (C=O) groups is 2. The van der Waals surface area contributed by atoms with Gasteiger partial charge >= 0.3 is 11.9 Å². The highest BCUT2D eigenvalue weighted by atomic mass is 35.5. The molecule has 2 aromatic rings. The van der Waals surface area contributed by atoms with Gasteiger partial charge in [0.25, 0.3) is 0 Å². The number of hydrogen-bond acceptors (Lipinski definition) is 5. The molecular formula is C20H21ClO5. The SMILES string of the molecule is CC(C)COC(=O)c1ccccc1C(=O)OCCOc1ccccc1Cl. The smallest absolute Gasteiger partial charge is 0.339 e. The number of halogens is 1. The predicted molar refractivity (Wildman–Crippen MR) is 98.8 cm³/mol. The van der Waals surface area contributed by atoms with E-state index >= 15 is 0 Å². The molecular weight excluding hydrogens is 356 g/mol. The highest BCUT2D eigenvalue weighted by Crippen LogP contribution is 2.22. The van der Waals surface area contributed by atoms with Crippen LogP contribution >= 0.6 is 11.6 Å². The van der Waals surface area contributed by atoms with Gasteiger partial charge in [0, 0.05) is 0 Å². The predicted octanol–water partition coefficient (Wildman–Crippen LogP) is 4.39. The first-order valence-corrected chi connectivity index (χ1v) is 8.67. The third-order valence-corrected chi connectivity index (χ3v) is 3.64. The molecule has 26 heavy (non-hydrogen) atoms. The quantitative estimate of drug-likeness (QED) is 0.505. The van der Waals surface area contributed by atoms with E-state index in [0.29, 0.717) is 10.8 Å². The van der Waals surface area contributed by atoms with Crippen LogP contribution in [0.2, 0.25) is 5.02 Å². The Morgan fingerprint density at radius 2 is 1.46 bits per heavy atom. The van der Waals surface area contributed by atoms with Gasteiger partial charge < -0.3 is 14.2 Å². The molecule has 2 rings (SSSR count). The molecule has 0 amide bonds. The zero-order chi connectivity index (χ0) is 18.9. The van der Waals surface area contributed by atoms with Crippen LogP contribution in [-0.2, 0) is 9.47 Å². The van der Waals surface area contributed by atoms with Crippen molar-refractivity contribution >= 4 is 23.5 Å². The summed E-state index contributed by atoms with van der Waals surface area (Å²) in [6, 6.07) is 13.4. The number of ether oxygens (including phenoxy) is 3. The van der Waals surface area contributed by atoms with Crippen molar-refractivity contribution in [3.8, 4) is 5.75 Å². The van der Waals surface area contributed by atoms with E-state index in [-0.39, 0.29) is 36.9 Å². The van der Waals surface area contributed by atoms with E-state index in [1.807, 2.05) is 13.8 Å². The Bertz CT molecular complexity index is 757. The summed E-state index contributed by atoms with van der Waals surface area (Å²) >= 11 is 5.98. The largest absolute Gasteiger partial charge is 0.488 e. The molecule has 0 bridgehead atoms. The third-order valence-electron chi connectivity index (χ3n) is 3.33. The van der Waals surface area contributed by atoms with Crippen LogP contribution < -0.4 is 4.74 Å². The van der Waals surface area contributed by atoms with Gasteiger partial charge in [0.15, 0.2) is 0 Å². The van der Waals surface area contributed by atoms with Crippen molar-refractivity contribution in [3.63, 3.8) is 0 Å². The number of carbonyl (C=O) groups excluding carboxylic acids is 2. The Kier molecular flexibility index (Phi) is 7.48. The molecule has 0 aliphatic carbocycles. The van der Waals surface area contributed by atoms with Crippen molar-refractivity contribution in [1.82, 2.24) is 0 Å². The second-order valence-corrected chi connectivity index (χ2v) is 6.36. The Labute approximate surface area is 157 Å². The molecule has 0 aliphatic heterocycles. The number of benzene rings is 2. The normalized spacial score (nSPS) is 10.5. The van der Waals surface area contributed by atoms with Gasteiger partial charge in [-0.25, -0.2) is 9.59 Å². The van der Waals surface area contributed by atoms with Crippen LogP contribution in [0.15, 0.2) is 48.5 Å². The lowest BCUT2D eigenvalue weighted by Gasteiger charge is -2.11. The molecule has 0 N–H and O–H groups in total. The Morgan fingerprint density at radius 3 is 2.08 bits per heavy atom. The van der Waals surface area contributed by atoms with Crippen molar-refractivity contribution < 1.29 is 23.8 Å². The van der Waals surface area contributed by atoms with Crippen LogP contribution in [0.25, 0.3) is 0 Å². The van der Waals surface area contributed by atoms with E-state index in [4.69, 9.17) is 25.8 Å². The van der Waals surface area contributed by atoms with Crippen LogP contribution in [0.4, 0.5) is 0 Å². The minimum atomic E-state index is -0.607. The summed E-state index contributed by atoms with van der Waals surface area (Å²) in [6.45, 7) is 4.33. The van der Waals surface area contributed by atoms with E-state index in [1.165, 1.54) is 6.07 Å². The lowest BCUT2D eigenvalue weighted by molar-refractivity contribution is 0.0408. The summed E-state index contributed by atoms with van der Waals surface area (Å²) in [7, 11) is 0. The highest BCUT2D eigenvalue weighted by Gasteiger charge is 2.19. The van der Waals surface area contributed by atoms with Gasteiger partial charge in [-0.15, -0.1) is 0 Å². The van der Waals surface area contributed by atoms with Crippen molar-refractivity contribution in [2.75, 3.05) is 19.8 Å². The van der Waals surface area contributed by atoms with Gasteiger partial charge in [0.05, 0.1) is 22.8 Å². The van der Waals surface area contributed by atoms with Gasteiger partial charge in [0.2, 0.25) is 0 Å². The van der Waals surface area contributed by atoms with Crippen molar-refractivity contribution in [3.05, 3.63) is 64.7 Å². The monoisotopic (exact) mass is 376 g/mol. The first-order valence-electron chi connectivity index (χ1n) is 8.29. The topological polar surface area (TPSA) is 61.8 Å². The van der Waals surface area contributed by atoms with Crippen molar-refractivity contribution in [2.45, 2.75) is 13.8 Å². The summed E-state index contributed by atoms with van der Waals surface area (Å²) in [6.07, 6.45) is 0. The molecule has 0 fully saturated rings. The lowest BCUT2D eigenvalue weighted by atomic mass is 10.1. The molecule has 0 saturated carbocycles. The van der Waals surface area contributed by atoms with Gasteiger partial charge in [-0.3, -0.25) is 0 Å². The Hall–Kier alpha value is -2.53. The fourth-order valence-corrected chi connectivity index (χ4v) is 2.28. The molecule has 2 aromatic carbocycles. The minimum Gasteiger partial charge on any atom is -0.488 e. The number of rotatable bonds is 8. The van der Waals surface area contributed by atoms with E-state index < -0.39 is 11.9 Å². The number of para-hydroxylation sites is 1. The van der Waals surface area contributed by atoms with E-state index in [9.17, 15) is 9.59 Å². The molecule has 5 nitrogen and oxygen atoms in total. The van der Waals surface area contributed by atoms with E-state index in [1.54, 1.807) is 42.5 Å². The van der Waals surface area contributed by atoms with Gasteiger partial charge in [-0.2, -0.15) is 0 Å². The zero-order valence-electron chi connectivity index (χ0n) is 14.7. The molecule has 0 aromatic heterocycles. The molecule has 0 saturated heterocycles. The maximum Gasteiger partial charge on any atom is 0.339 e. The maximum atomic E-state index is 12.3. The van der Waals surface area contributed by atoms with Gasteiger partial charge in [-0.1, -0.05) is 49.7 Å². The number of hydrogen-bond donors (Lipinski definition) is 0. The molecule has 0 unspecified atom stereocenters. The maximum absolute atomic E-state index is 12.3. The van der Waals surface area contributed by atoms with Crippen LogP contribution in [0.1, 0.15) is 34.6 Å². The van der Waals surface area contributed by atoms with Crippen molar-refractivity contribution in [2.24, 2.45) is 5.92 Å². The first-order chi connectivity index (χ1) is 12.5. The summed E-state index contributed by atoms with van der Waals surface area (Å²) in [5, 5.41) is 0.483. The second kappa shape index (κ2) is 9.82. The van der Waals surface area contributed by atoms with Crippen LogP contribution in [-0.4, -0.2) is 31.8 Å². The highest BCUT2D eigenvalue weighted by molar-refractivity contribution is 6.32. The fourth-order valence-electron chi connectivity index (χ4n) is 2.08. The zero-order valence-corrected chi connectivity index (χ0v) is 15.5. The summed E-state index contributed by atoms with van der Waals surface area (Å²) in [4.78, 5) is 24.4. The molecule has 0 aliphatic rings. The van der Waals surface area contributed by atoms with Crippen molar-refractivity contribution in [1.29, 1.82) is 0 Å². The molecule has 138 valence electrons. The van der Waals surface area contributed by atoms with E-state index in [2.05, 4.69) is 0 Å². The minimum absolute atomic E-state index is 0.0272. The Morgan fingerprint density at radius 1 is 0.885 bits per heavy atom. The molecule has 0 heterocycles. The van der Waals surface area contributed by atoms with Crippen LogP contribution in [0, 0.1) is 5.92 Å². The summed E-state index contributed by atoms with van der Waals surface area (Å²) in [5.41, 5.74) is 0.351. The van der Waals surface area contributed by atoms with Crippen LogP contribution in [0.3, 0.4) is 0 Å². The molecule has 6 heteroatoms. The van der Waals surface area contributed by atoms with Gasteiger partial charge in [-0.05, 0) is 30.2 Å².